The number of aliphatic hydroxyl groups excluding tert-OH is 1. The molecule has 0 aliphatic carbocycles. The maximum absolute atomic E-state index is 12.1. The Hall–Kier alpha value is -3.49. The van der Waals surface area contributed by atoms with Gasteiger partial charge in [-0.15, -0.1) is 0 Å². The fourth-order valence-corrected chi connectivity index (χ4v) is 5.65. The van der Waals surface area contributed by atoms with E-state index in [1.165, 1.54) is 4.31 Å². The van der Waals surface area contributed by atoms with E-state index in [-0.39, 0.29) is 5.75 Å². The molecule has 1 unspecified atom stereocenters. The topological polar surface area (TPSA) is 95.4 Å². The van der Waals surface area contributed by atoms with Crippen molar-refractivity contribution in [1.29, 1.82) is 0 Å². The van der Waals surface area contributed by atoms with Crippen LogP contribution in [0.3, 0.4) is 0 Å². The van der Waals surface area contributed by atoms with Crippen LogP contribution in [0.15, 0.2) is 72.9 Å². The van der Waals surface area contributed by atoms with Gasteiger partial charge in [0.1, 0.15) is 0 Å². The lowest BCUT2D eigenvalue weighted by atomic mass is 10.0. The maximum Gasteiger partial charge on any atom is 0.235 e. The van der Waals surface area contributed by atoms with Crippen LogP contribution in [0.25, 0.3) is 22.3 Å². The largest absolute Gasteiger partial charge is 0.369 e. The molecule has 3 heterocycles. The molecule has 168 valence electrons. The van der Waals surface area contributed by atoms with E-state index in [1.807, 2.05) is 49.4 Å². The summed E-state index contributed by atoms with van der Waals surface area (Å²) in [6.07, 6.45) is 1.43. The molecule has 7 nitrogen and oxygen atoms in total. The molecule has 2 aromatic heterocycles. The summed E-state index contributed by atoms with van der Waals surface area (Å²) in [5.74, 6) is 0.178. The fourth-order valence-electron chi connectivity index (χ4n) is 4.09. The van der Waals surface area contributed by atoms with Crippen molar-refractivity contribution >= 4 is 32.4 Å². The van der Waals surface area contributed by atoms with Crippen LogP contribution in [0.5, 0.6) is 0 Å². The van der Waals surface area contributed by atoms with Gasteiger partial charge in [0.15, 0.2) is 6.23 Å². The number of sulfonamides is 1. The van der Waals surface area contributed by atoms with Crippen LogP contribution in [0.2, 0.25) is 0 Å². The minimum Gasteiger partial charge on any atom is -0.369 e. The third-order valence-corrected chi connectivity index (χ3v) is 7.74. The number of benzene rings is 2. The molecule has 4 aromatic rings. The van der Waals surface area contributed by atoms with Crippen molar-refractivity contribution in [2.24, 2.45) is 0 Å². The first-order valence-electron chi connectivity index (χ1n) is 10.8. The summed E-state index contributed by atoms with van der Waals surface area (Å²) in [4.78, 5) is 9.06. The van der Waals surface area contributed by atoms with Gasteiger partial charge in [0.05, 0.1) is 28.2 Å². The normalized spacial score (nSPS) is 16.1. The molecule has 0 saturated carbocycles. The van der Waals surface area contributed by atoms with Crippen LogP contribution < -0.4 is 9.62 Å². The third kappa shape index (κ3) is 4.27. The minimum absolute atomic E-state index is 0.178. The first kappa shape index (κ1) is 21.4. The Morgan fingerprint density at radius 3 is 2.61 bits per heavy atom. The number of rotatable bonds is 5. The van der Waals surface area contributed by atoms with Crippen molar-refractivity contribution in [3.05, 3.63) is 84.1 Å². The second-order valence-electron chi connectivity index (χ2n) is 8.15. The van der Waals surface area contributed by atoms with Crippen molar-refractivity contribution in [2.45, 2.75) is 19.6 Å². The molecule has 2 aromatic carbocycles. The van der Waals surface area contributed by atoms with Crippen LogP contribution in [0.1, 0.15) is 23.8 Å². The van der Waals surface area contributed by atoms with Gasteiger partial charge in [-0.25, -0.2) is 13.4 Å². The summed E-state index contributed by atoms with van der Waals surface area (Å²) >= 11 is 0. The number of anilines is 2. The van der Waals surface area contributed by atoms with Crippen molar-refractivity contribution in [3.63, 3.8) is 0 Å². The second-order valence-corrected chi connectivity index (χ2v) is 10.2. The molecule has 1 atom stereocenters. The van der Waals surface area contributed by atoms with Gasteiger partial charge in [0, 0.05) is 29.6 Å². The molecule has 0 bridgehead atoms. The first-order valence-corrected chi connectivity index (χ1v) is 12.4. The summed E-state index contributed by atoms with van der Waals surface area (Å²) in [5.41, 5.74) is 6.56. The van der Waals surface area contributed by atoms with Crippen molar-refractivity contribution in [2.75, 3.05) is 21.9 Å². The van der Waals surface area contributed by atoms with E-state index in [0.29, 0.717) is 24.2 Å². The van der Waals surface area contributed by atoms with Gasteiger partial charge >= 0.3 is 0 Å². The van der Waals surface area contributed by atoms with E-state index in [2.05, 4.69) is 10.3 Å². The van der Waals surface area contributed by atoms with Gasteiger partial charge in [-0.05, 0) is 67.4 Å². The average Bonchev–Trinajstić information content (AvgIpc) is 3.19. The van der Waals surface area contributed by atoms with Crippen LogP contribution in [0, 0.1) is 6.92 Å². The number of aliphatic hydroxyl groups is 1. The predicted octanol–water partition coefficient (Wildman–Crippen LogP) is 4.25. The number of aromatic nitrogens is 2. The lowest BCUT2D eigenvalue weighted by Crippen LogP contribution is -2.25. The molecule has 33 heavy (non-hydrogen) atoms. The lowest BCUT2D eigenvalue weighted by Gasteiger charge is -2.19. The van der Waals surface area contributed by atoms with Crippen LogP contribution >= 0.6 is 0 Å². The number of hydrogen-bond donors (Lipinski definition) is 2. The van der Waals surface area contributed by atoms with Crippen LogP contribution in [-0.2, 0) is 10.0 Å². The molecule has 1 saturated heterocycles. The molecule has 8 heteroatoms. The molecule has 1 aliphatic heterocycles. The molecule has 0 radical (unpaired) electrons. The van der Waals surface area contributed by atoms with Crippen molar-refractivity contribution < 1.29 is 13.5 Å². The zero-order chi connectivity index (χ0) is 23.0. The maximum atomic E-state index is 12.1. The average molecular weight is 461 g/mol. The summed E-state index contributed by atoms with van der Waals surface area (Å²) in [7, 11) is -3.23. The van der Waals surface area contributed by atoms with Gasteiger partial charge < -0.3 is 10.4 Å². The van der Waals surface area contributed by atoms with E-state index in [9.17, 15) is 13.5 Å². The highest BCUT2D eigenvalue weighted by atomic mass is 32.2. The molecule has 1 aliphatic rings. The monoisotopic (exact) mass is 460 g/mol. The number of aryl methyl sites for hydroxylation is 1. The Morgan fingerprint density at radius 2 is 1.85 bits per heavy atom. The van der Waals surface area contributed by atoms with E-state index in [0.717, 1.165) is 33.5 Å². The molecule has 0 amide bonds. The number of pyridine rings is 2. The van der Waals surface area contributed by atoms with Crippen molar-refractivity contribution in [1.82, 2.24) is 9.97 Å². The molecular formula is C25H24N4O3S. The van der Waals surface area contributed by atoms with Gasteiger partial charge in [-0.1, -0.05) is 18.2 Å². The van der Waals surface area contributed by atoms with E-state index >= 15 is 0 Å². The van der Waals surface area contributed by atoms with Gasteiger partial charge in [0.2, 0.25) is 10.0 Å². The summed E-state index contributed by atoms with van der Waals surface area (Å²) in [5, 5.41) is 13.9. The van der Waals surface area contributed by atoms with E-state index in [1.54, 1.807) is 30.5 Å². The Morgan fingerprint density at radius 1 is 1.03 bits per heavy atom. The zero-order valence-corrected chi connectivity index (χ0v) is 19.0. The summed E-state index contributed by atoms with van der Waals surface area (Å²) < 4.78 is 25.7. The highest BCUT2D eigenvalue weighted by Crippen LogP contribution is 2.29. The zero-order valence-electron chi connectivity index (χ0n) is 18.1. The summed E-state index contributed by atoms with van der Waals surface area (Å²) in [6.45, 7) is 2.52. The molecular weight excluding hydrogens is 436 g/mol. The van der Waals surface area contributed by atoms with E-state index in [4.69, 9.17) is 4.98 Å². The Bertz CT molecular complexity index is 1420. The predicted molar refractivity (Wildman–Crippen MR) is 130 cm³/mol. The van der Waals surface area contributed by atoms with Crippen molar-refractivity contribution in [3.8, 4) is 11.3 Å². The first-order chi connectivity index (χ1) is 15.9. The number of hydrogen-bond acceptors (Lipinski definition) is 6. The second kappa shape index (κ2) is 8.46. The number of nitrogens with zero attached hydrogens (tertiary/aromatic N) is 3. The summed E-state index contributed by atoms with van der Waals surface area (Å²) in [6, 6.07) is 20.5. The number of nitrogens with one attached hydrogen (secondary N) is 1. The van der Waals surface area contributed by atoms with Crippen LogP contribution in [-0.4, -0.2) is 35.8 Å². The Kier molecular flexibility index (Phi) is 5.47. The van der Waals surface area contributed by atoms with Gasteiger partial charge in [0.25, 0.3) is 0 Å². The standard InChI is InChI=1S/C25H24N4O3S/c1-17-5-8-19(16-21(17)22-11-12-23-24(28-22)4-2-13-26-23)27-25(30)18-6-9-20(10-7-18)29-14-3-15-33(29,31)32/h2,4-13,16,25,27,30H,3,14-15H2,1H3. The van der Waals surface area contributed by atoms with Gasteiger partial charge in [-0.3, -0.25) is 9.29 Å². The Labute approximate surface area is 192 Å². The fraction of sp³-hybridized carbons (Fsp3) is 0.200. The smallest absolute Gasteiger partial charge is 0.235 e. The SMILES string of the molecule is Cc1ccc(NC(O)c2ccc(N3CCCS3(=O)=O)cc2)cc1-c1ccc2ncccc2n1. The Balaban J connectivity index is 1.37. The van der Waals surface area contributed by atoms with Crippen LogP contribution in [0.4, 0.5) is 11.4 Å². The molecule has 0 spiro atoms. The quantitative estimate of drug-likeness (QED) is 0.433. The molecule has 2 N–H and O–H groups in total. The lowest BCUT2D eigenvalue weighted by molar-refractivity contribution is 0.208. The molecule has 1 fully saturated rings. The third-order valence-electron chi connectivity index (χ3n) is 5.87. The van der Waals surface area contributed by atoms with Gasteiger partial charge in [-0.2, -0.15) is 0 Å². The minimum atomic E-state index is -3.23. The highest BCUT2D eigenvalue weighted by Gasteiger charge is 2.28. The number of fused-ring (bicyclic) bond motifs is 1. The highest BCUT2D eigenvalue weighted by molar-refractivity contribution is 7.93. The molecule has 5 rings (SSSR count). The van der Waals surface area contributed by atoms with E-state index < -0.39 is 16.3 Å².